The highest BCUT2D eigenvalue weighted by molar-refractivity contribution is 5.92. The predicted octanol–water partition coefficient (Wildman–Crippen LogP) is 1.36. The summed E-state index contributed by atoms with van der Waals surface area (Å²) >= 11 is 0. The molecule has 1 unspecified atom stereocenters. The number of fused-ring (bicyclic) bond motifs is 1. The Morgan fingerprint density at radius 1 is 1.25 bits per heavy atom. The van der Waals surface area contributed by atoms with E-state index in [4.69, 9.17) is 5.73 Å². The number of amides is 1. The van der Waals surface area contributed by atoms with Gasteiger partial charge >= 0.3 is 0 Å². The Morgan fingerprint density at radius 3 is 2.71 bits per heavy atom. The summed E-state index contributed by atoms with van der Waals surface area (Å²) in [6.07, 6.45) is 2.54. The molecule has 6 nitrogen and oxygen atoms in total. The molecule has 0 fully saturated rings. The van der Waals surface area contributed by atoms with E-state index in [1.54, 1.807) is 7.05 Å². The van der Waals surface area contributed by atoms with Crippen LogP contribution < -0.4 is 16.6 Å². The van der Waals surface area contributed by atoms with E-state index in [0.717, 1.165) is 22.5 Å². The molecule has 1 amide bonds. The number of benzene rings is 2. The number of nitrogens with zero attached hydrogens (tertiary/aromatic N) is 2. The summed E-state index contributed by atoms with van der Waals surface area (Å²) in [5.74, 6) is -0.366. The van der Waals surface area contributed by atoms with Crippen LogP contribution in [-0.4, -0.2) is 22.0 Å². The number of hydrogen-bond acceptors (Lipinski definition) is 4. The third kappa shape index (κ3) is 3.18. The van der Waals surface area contributed by atoms with E-state index >= 15 is 0 Å². The van der Waals surface area contributed by atoms with Crippen LogP contribution >= 0.6 is 0 Å². The van der Waals surface area contributed by atoms with E-state index < -0.39 is 0 Å². The summed E-state index contributed by atoms with van der Waals surface area (Å²) < 4.78 is 1.31. The number of hydrogen-bond donors (Lipinski definition) is 2. The van der Waals surface area contributed by atoms with Crippen molar-refractivity contribution in [1.82, 2.24) is 14.9 Å². The van der Waals surface area contributed by atoms with Gasteiger partial charge in [-0.15, -0.1) is 0 Å². The lowest BCUT2D eigenvalue weighted by atomic mass is 10.0. The fraction of sp³-hybridized carbons (Fsp3) is 0.167. The zero-order chi connectivity index (χ0) is 17.1. The van der Waals surface area contributed by atoms with Gasteiger partial charge in [0.15, 0.2) is 0 Å². The van der Waals surface area contributed by atoms with Crippen molar-refractivity contribution in [2.45, 2.75) is 6.04 Å². The summed E-state index contributed by atoms with van der Waals surface area (Å²) in [5, 5.41) is 5.08. The second-order valence-corrected chi connectivity index (χ2v) is 5.59. The van der Waals surface area contributed by atoms with Crippen molar-refractivity contribution in [3.05, 3.63) is 76.5 Å². The summed E-state index contributed by atoms with van der Waals surface area (Å²) in [4.78, 5) is 27.6. The average Bonchev–Trinajstić information content (AvgIpc) is 2.61. The molecule has 2 aromatic carbocycles. The Bertz CT molecular complexity index is 949. The number of carbonyl (C=O) groups excluding carboxylic acids is 1. The lowest BCUT2D eigenvalue weighted by molar-refractivity contribution is 0.0932. The highest BCUT2D eigenvalue weighted by atomic mass is 16.2. The van der Waals surface area contributed by atoms with Crippen molar-refractivity contribution in [3.8, 4) is 0 Å². The van der Waals surface area contributed by atoms with Gasteiger partial charge in [-0.3, -0.25) is 9.59 Å². The molecule has 1 heterocycles. The van der Waals surface area contributed by atoms with E-state index in [2.05, 4.69) is 10.3 Å². The van der Waals surface area contributed by atoms with Crippen LogP contribution in [0, 0.1) is 0 Å². The summed E-state index contributed by atoms with van der Waals surface area (Å²) in [5.41, 5.74) is 6.67. The van der Waals surface area contributed by atoms with Crippen LogP contribution in [0.25, 0.3) is 10.8 Å². The third-order valence-corrected chi connectivity index (χ3v) is 3.93. The number of rotatable bonds is 4. The predicted molar refractivity (Wildman–Crippen MR) is 92.7 cm³/mol. The van der Waals surface area contributed by atoms with Crippen LogP contribution in [0.1, 0.15) is 22.1 Å². The van der Waals surface area contributed by atoms with E-state index in [-0.39, 0.29) is 29.7 Å². The zero-order valence-electron chi connectivity index (χ0n) is 13.3. The monoisotopic (exact) mass is 322 g/mol. The summed E-state index contributed by atoms with van der Waals surface area (Å²) in [7, 11) is 1.57. The molecule has 0 aliphatic heterocycles. The van der Waals surface area contributed by atoms with Gasteiger partial charge in [0, 0.05) is 19.8 Å². The maximum absolute atomic E-state index is 12.4. The van der Waals surface area contributed by atoms with Crippen LogP contribution in [0.4, 0.5) is 0 Å². The third-order valence-electron chi connectivity index (χ3n) is 3.93. The smallest absolute Gasteiger partial charge is 0.271 e. The molecule has 3 aromatic rings. The molecular formula is C18H18N4O2. The fourth-order valence-electron chi connectivity index (χ4n) is 2.55. The van der Waals surface area contributed by atoms with E-state index in [9.17, 15) is 9.59 Å². The molecule has 6 heteroatoms. The molecule has 3 N–H and O–H groups in total. The molecule has 24 heavy (non-hydrogen) atoms. The number of nitrogens with two attached hydrogens (primary N) is 1. The first-order valence-electron chi connectivity index (χ1n) is 7.61. The number of nitrogens with one attached hydrogen (secondary N) is 1. The van der Waals surface area contributed by atoms with Gasteiger partial charge in [-0.1, -0.05) is 36.4 Å². The van der Waals surface area contributed by atoms with Crippen molar-refractivity contribution in [2.75, 3.05) is 6.54 Å². The molecule has 0 saturated carbocycles. The van der Waals surface area contributed by atoms with Gasteiger partial charge in [0.05, 0.1) is 12.2 Å². The van der Waals surface area contributed by atoms with Crippen molar-refractivity contribution >= 4 is 16.7 Å². The molecule has 0 saturated heterocycles. The lowest BCUT2D eigenvalue weighted by Crippen LogP contribution is -2.34. The van der Waals surface area contributed by atoms with Crippen LogP contribution in [0.5, 0.6) is 0 Å². The Balaban J connectivity index is 1.86. The number of carbonyl (C=O) groups is 1. The van der Waals surface area contributed by atoms with Gasteiger partial charge < -0.3 is 15.6 Å². The van der Waals surface area contributed by atoms with Crippen molar-refractivity contribution in [3.63, 3.8) is 0 Å². The molecule has 0 aliphatic rings. The molecule has 3 rings (SSSR count). The SMILES string of the molecule is Cn1cc(C(=O)NC(CN)c2ccc3ccccc3c2)ncc1=O. The second-order valence-electron chi connectivity index (χ2n) is 5.59. The van der Waals surface area contributed by atoms with Gasteiger partial charge in [0.25, 0.3) is 11.5 Å². The van der Waals surface area contributed by atoms with Crippen LogP contribution in [0.3, 0.4) is 0 Å². The Hall–Kier alpha value is -2.99. The Morgan fingerprint density at radius 2 is 2.00 bits per heavy atom. The first-order chi connectivity index (χ1) is 11.6. The molecule has 0 spiro atoms. The van der Waals surface area contributed by atoms with E-state index in [1.807, 2.05) is 42.5 Å². The second kappa shape index (κ2) is 6.64. The summed E-state index contributed by atoms with van der Waals surface area (Å²) in [6.45, 7) is 0.260. The average molecular weight is 322 g/mol. The first-order valence-corrected chi connectivity index (χ1v) is 7.61. The van der Waals surface area contributed by atoms with Gasteiger partial charge in [0.2, 0.25) is 0 Å². The Labute approximate surface area is 138 Å². The minimum Gasteiger partial charge on any atom is -0.343 e. The highest BCUT2D eigenvalue weighted by Gasteiger charge is 2.16. The summed E-state index contributed by atoms with van der Waals surface area (Å²) in [6, 6.07) is 13.6. The fourth-order valence-corrected chi connectivity index (χ4v) is 2.55. The van der Waals surface area contributed by atoms with Crippen LogP contribution in [0.15, 0.2) is 59.7 Å². The molecule has 1 atom stereocenters. The van der Waals surface area contributed by atoms with Crippen LogP contribution in [-0.2, 0) is 7.05 Å². The standard InChI is InChI=1S/C18H18N4O2/c1-22-11-16(20-10-17(22)23)18(24)21-15(9-19)14-7-6-12-4-2-3-5-13(12)8-14/h2-8,10-11,15H,9,19H2,1H3,(H,21,24). The molecule has 0 aliphatic carbocycles. The molecule has 122 valence electrons. The Kier molecular flexibility index (Phi) is 4.39. The van der Waals surface area contributed by atoms with Crippen molar-refractivity contribution < 1.29 is 4.79 Å². The van der Waals surface area contributed by atoms with Gasteiger partial charge in [-0.25, -0.2) is 4.98 Å². The van der Waals surface area contributed by atoms with Crippen molar-refractivity contribution in [1.29, 1.82) is 0 Å². The molecule has 0 radical (unpaired) electrons. The largest absolute Gasteiger partial charge is 0.343 e. The van der Waals surface area contributed by atoms with E-state index in [1.165, 1.54) is 10.8 Å². The number of aryl methyl sites for hydroxylation is 1. The van der Waals surface area contributed by atoms with Gasteiger partial charge in [-0.2, -0.15) is 0 Å². The number of aromatic nitrogens is 2. The molecule has 0 bridgehead atoms. The minimum absolute atomic E-state index is 0.177. The van der Waals surface area contributed by atoms with E-state index in [0.29, 0.717) is 0 Å². The maximum atomic E-state index is 12.4. The quantitative estimate of drug-likeness (QED) is 0.759. The molecule has 1 aromatic heterocycles. The maximum Gasteiger partial charge on any atom is 0.271 e. The zero-order valence-corrected chi connectivity index (χ0v) is 13.3. The lowest BCUT2D eigenvalue weighted by Gasteiger charge is -2.18. The highest BCUT2D eigenvalue weighted by Crippen LogP contribution is 2.20. The van der Waals surface area contributed by atoms with Gasteiger partial charge in [0.1, 0.15) is 5.69 Å². The normalized spacial score (nSPS) is 12.1. The van der Waals surface area contributed by atoms with Crippen LogP contribution in [0.2, 0.25) is 0 Å². The molecular weight excluding hydrogens is 304 g/mol. The topological polar surface area (TPSA) is 90.0 Å². The first kappa shape index (κ1) is 15.9. The van der Waals surface area contributed by atoms with Gasteiger partial charge in [-0.05, 0) is 22.4 Å². The van der Waals surface area contributed by atoms with Crippen molar-refractivity contribution in [2.24, 2.45) is 12.8 Å². The minimum atomic E-state index is -0.366.